The van der Waals surface area contributed by atoms with Crippen molar-refractivity contribution in [1.29, 1.82) is 0 Å². The summed E-state index contributed by atoms with van der Waals surface area (Å²) in [5, 5.41) is 10.5. The third-order valence-corrected chi connectivity index (χ3v) is 4.77. The minimum absolute atomic E-state index is 0.00162. The van der Waals surface area contributed by atoms with Gasteiger partial charge in [0.05, 0.1) is 5.69 Å². The number of amides is 1. The summed E-state index contributed by atoms with van der Waals surface area (Å²) in [7, 11) is 0. The number of pyridine rings is 2. The van der Waals surface area contributed by atoms with E-state index in [-0.39, 0.29) is 11.8 Å². The largest absolute Gasteiger partial charge is 0.309 e. The number of nitrogens with zero attached hydrogens (tertiary/aromatic N) is 3. The Kier molecular flexibility index (Phi) is 4.19. The SMILES string of the molecule is O=C(Nc1cc(-c2ccncc2)[nH]n1)C1CC(c2ccc(Cl)nc2)C1. The summed E-state index contributed by atoms with van der Waals surface area (Å²) in [5.41, 5.74) is 2.95. The van der Waals surface area contributed by atoms with Gasteiger partial charge in [-0.15, -0.1) is 0 Å². The third-order valence-electron chi connectivity index (χ3n) is 4.55. The highest BCUT2D eigenvalue weighted by Crippen LogP contribution is 2.42. The van der Waals surface area contributed by atoms with Gasteiger partial charge in [0.25, 0.3) is 0 Å². The van der Waals surface area contributed by atoms with Gasteiger partial charge >= 0.3 is 0 Å². The fourth-order valence-corrected chi connectivity index (χ4v) is 3.14. The van der Waals surface area contributed by atoms with Gasteiger partial charge in [-0.05, 0) is 42.5 Å². The van der Waals surface area contributed by atoms with Crippen molar-refractivity contribution < 1.29 is 4.79 Å². The molecule has 1 saturated carbocycles. The maximum absolute atomic E-state index is 12.4. The van der Waals surface area contributed by atoms with E-state index < -0.39 is 0 Å². The Morgan fingerprint density at radius 2 is 2.00 bits per heavy atom. The molecule has 0 radical (unpaired) electrons. The molecule has 3 aromatic rings. The predicted molar refractivity (Wildman–Crippen MR) is 95.2 cm³/mol. The topological polar surface area (TPSA) is 83.6 Å². The molecule has 0 atom stereocenters. The van der Waals surface area contributed by atoms with Gasteiger partial charge in [-0.25, -0.2) is 4.98 Å². The predicted octanol–water partition coefficient (Wildman–Crippen LogP) is 3.65. The van der Waals surface area contributed by atoms with Crippen LogP contribution in [0.1, 0.15) is 24.3 Å². The molecule has 3 heterocycles. The second-order valence-electron chi connectivity index (χ2n) is 6.17. The molecular weight excluding hydrogens is 338 g/mol. The molecule has 1 fully saturated rings. The molecule has 0 aromatic carbocycles. The van der Waals surface area contributed by atoms with Crippen molar-refractivity contribution in [3.05, 3.63) is 59.6 Å². The van der Waals surface area contributed by atoms with Gasteiger partial charge in [-0.3, -0.25) is 14.9 Å². The summed E-state index contributed by atoms with van der Waals surface area (Å²) >= 11 is 5.80. The lowest BCUT2D eigenvalue weighted by atomic mass is 9.71. The van der Waals surface area contributed by atoms with Crippen LogP contribution in [0, 0.1) is 5.92 Å². The standard InChI is InChI=1S/C18H16ClN5O/c19-16-2-1-12(10-21-16)13-7-14(8-13)18(25)22-17-9-15(23-24-17)11-3-5-20-6-4-11/h1-6,9-10,13-14H,7-8H2,(H2,22,23,24,25). The number of aromatic nitrogens is 4. The fourth-order valence-electron chi connectivity index (χ4n) is 3.03. The lowest BCUT2D eigenvalue weighted by Gasteiger charge is -2.34. The van der Waals surface area contributed by atoms with Crippen LogP contribution in [-0.2, 0) is 4.79 Å². The van der Waals surface area contributed by atoms with Crippen molar-refractivity contribution in [1.82, 2.24) is 20.2 Å². The number of aromatic amines is 1. The number of carbonyl (C=O) groups excluding carboxylic acids is 1. The van der Waals surface area contributed by atoms with Crippen LogP contribution in [0.2, 0.25) is 5.15 Å². The normalized spacial score (nSPS) is 19.2. The maximum Gasteiger partial charge on any atom is 0.228 e. The highest BCUT2D eigenvalue weighted by atomic mass is 35.5. The molecule has 6 nitrogen and oxygen atoms in total. The highest BCUT2D eigenvalue weighted by molar-refractivity contribution is 6.29. The molecule has 0 spiro atoms. The van der Waals surface area contributed by atoms with E-state index in [1.54, 1.807) is 24.7 Å². The Hall–Kier alpha value is -2.73. The molecule has 3 aromatic heterocycles. The van der Waals surface area contributed by atoms with Gasteiger partial charge in [-0.2, -0.15) is 5.10 Å². The van der Waals surface area contributed by atoms with Crippen LogP contribution in [-0.4, -0.2) is 26.1 Å². The van der Waals surface area contributed by atoms with E-state index in [0.29, 0.717) is 16.9 Å². The van der Waals surface area contributed by atoms with Crippen molar-refractivity contribution in [2.75, 3.05) is 5.32 Å². The van der Waals surface area contributed by atoms with Gasteiger partial charge in [0.2, 0.25) is 5.91 Å². The molecule has 25 heavy (non-hydrogen) atoms. The molecular formula is C18H16ClN5O. The summed E-state index contributed by atoms with van der Waals surface area (Å²) in [5.74, 6) is 0.910. The molecule has 2 N–H and O–H groups in total. The van der Waals surface area contributed by atoms with Gasteiger partial charge in [-0.1, -0.05) is 17.7 Å². The van der Waals surface area contributed by atoms with Gasteiger partial charge in [0, 0.05) is 36.1 Å². The molecule has 1 amide bonds. The molecule has 0 saturated heterocycles. The summed E-state index contributed by atoms with van der Waals surface area (Å²) in [6, 6.07) is 9.36. The van der Waals surface area contributed by atoms with E-state index in [1.807, 2.05) is 24.3 Å². The Labute approximate surface area is 149 Å². The van der Waals surface area contributed by atoms with Crippen molar-refractivity contribution in [3.8, 4) is 11.3 Å². The van der Waals surface area contributed by atoms with Gasteiger partial charge in [0.15, 0.2) is 5.82 Å². The van der Waals surface area contributed by atoms with Crippen LogP contribution in [0.15, 0.2) is 48.9 Å². The second kappa shape index (κ2) is 6.64. The van der Waals surface area contributed by atoms with Crippen LogP contribution < -0.4 is 5.32 Å². The van der Waals surface area contributed by atoms with Crippen LogP contribution in [0.5, 0.6) is 0 Å². The summed E-state index contributed by atoms with van der Waals surface area (Å²) in [4.78, 5) is 20.4. The number of carbonyl (C=O) groups is 1. The highest BCUT2D eigenvalue weighted by Gasteiger charge is 2.35. The zero-order valence-corrected chi connectivity index (χ0v) is 14.1. The molecule has 4 rings (SSSR count). The molecule has 0 aliphatic heterocycles. The van der Waals surface area contributed by atoms with Crippen molar-refractivity contribution >= 4 is 23.3 Å². The maximum atomic E-state index is 12.4. The average molecular weight is 354 g/mol. The first-order chi connectivity index (χ1) is 12.2. The fraction of sp³-hybridized carbons (Fsp3) is 0.222. The quantitative estimate of drug-likeness (QED) is 0.701. The van der Waals surface area contributed by atoms with E-state index in [4.69, 9.17) is 11.6 Å². The molecule has 1 aliphatic carbocycles. The van der Waals surface area contributed by atoms with Gasteiger partial charge < -0.3 is 5.32 Å². The minimum Gasteiger partial charge on any atom is -0.309 e. The first-order valence-corrected chi connectivity index (χ1v) is 8.45. The molecule has 126 valence electrons. The molecule has 1 aliphatic rings. The van der Waals surface area contributed by atoms with E-state index in [0.717, 1.165) is 29.7 Å². The number of anilines is 1. The van der Waals surface area contributed by atoms with E-state index in [2.05, 4.69) is 25.5 Å². The number of rotatable bonds is 4. The molecule has 7 heteroatoms. The van der Waals surface area contributed by atoms with Crippen molar-refractivity contribution in [2.45, 2.75) is 18.8 Å². The Balaban J connectivity index is 1.34. The Morgan fingerprint density at radius 3 is 2.72 bits per heavy atom. The summed E-state index contributed by atoms with van der Waals surface area (Å²) < 4.78 is 0. The summed E-state index contributed by atoms with van der Waals surface area (Å²) in [6.07, 6.45) is 6.85. The first-order valence-electron chi connectivity index (χ1n) is 8.07. The monoisotopic (exact) mass is 353 g/mol. The van der Waals surface area contributed by atoms with Crippen molar-refractivity contribution in [3.63, 3.8) is 0 Å². The van der Waals surface area contributed by atoms with Crippen molar-refractivity contribution in [2.24, 2.45) is 5.92 Å². The first kappa shape index (κ1) is 15.8. The number of nitrogens with one attached hydrogen (secondary N) is 2. The molecule has 0 bridgehead atoms. The zero-order valence-electron chi connectivity index (χ0n) is 13.3. The number of hydrogen-bond acceptors (Lipinski definition) is 4. The van der Waals surface area contributed by atoms with Crippen LogP contribution in [0.3, 0.4) is 0 Å². The van der Waals surface area contributed by atoms with Crippen LogP contribution in [0.4, 0.5) is 5.82 Å². The van der Waals surface area contributed by atoms with Crippen LogP contribution in [0.25, 0.3) is 11.3 Å². The summed E-state index contributed by atoms with van der Waals surface area (Å²) in [6.45, 7) is 0. The number of H-pyrrole nitrogens is 1. The lowest BCUT2D eigenvalue weighted by Crippen LogP contribution is -2.33. The Bertz CT molecular complexity index is 872. The number of halogens is 1. The molecule has 0 unspecified atom stereocenters. The van der Waals surface area contributed by atoms with Gasteiger partial charge in [0.1, 0.15) is 5.15 Å². The van der Waals surface area contributed by atoms with E-state index >= 15 is 0 Å². The average Bonchev–Trinajstić information content (AvgIpc) is 3.04. The van der Waals surface area contributed by atoms with Crippen LogP contribution >= 0.6 is 11.6 Å². The van der Waals surface area contributed by atoms with E-state index in [1.165, 1.54) is 0 Å². The third kappa shape index (κ3) is 3.39. The lowest BCUT2D eigenvalue weighted by molar-refractivity contribution is -0.122. The zero-order chi connectivity index (χ0) is 17.2. The minimum atomic E-state index is 0.00162. The number of hydrogen-bond donors (Lipinski definition) is 2. The smallest absolute Gasteiger partial charge is 0.228 e. The van der Waals surface area contributed by atoms with E-state index in [9.17, 15) is 4.79 Å². The Morgan fingerprint density at radius 1 is 1.20 bits per heavy atom. The second-order valence-corrected chi connectivity index (χ2v) is 6.56.